The van der Waals surface area contributed by atoms with Crippen LogP contribution in [0.2, 0.25) is 0 Å². The second-order valence-electron chi connectivity index (χ2n) is 7.84. The summed E-state index contributed by atoms with van der Waals surface area (Å²) in [6, 6.07) is 0. The Hall–Kier alpha value is 0. The molecule has 0 atom stereocenters. The van der Waals surface area contributed by atoms with Crippen molar-refractivity contribution < 1.29 is 0 Å². The molecule has 0 N–H and O–H groups in total. The predicted molar refractivity (Wildman–Crippen MR) is 83.0 cm³/mol. The van der Waals surface area contributed by atoms with Crippen molar-refractivity contribution in [2.45, 2.75) is 96.8 Å². The van der Waals surface area contributed by atoms with E-state index in [1.165, 1.54) is 64.2 Å². The minimum atomic E-state index is 0.721. The highest BCUT2D eigenvalue weighted by molar-refractivity contribution is 5.12. The topological polar surface area (TPSA) is 0 Å². The second kappa shape index (κ2) is 6.19. The van der Waals surface area contributed by atoms with Crippen molar-refractivity contribution in [1.82, 2.24) is 0 Å². The minimum absolute atomic E-state index is 0.721. The average molecular weight is 261 g/mol. The summed E-state index contributed by atoms with van der Waals surface area (Å²) in [4.78, 5) is 0. The first-order valence-electron chi connectivity index (χ1n) is 9.16. The molecule has 109 valence electrons. The molecule has 0 amide bonds. The van der Waals surface area contributed by atoms with E-state index in [2.05, 4.69) is 6.92 Å². The van der Waals surface area contributed by atoms with Gasteiger partial charge in [-0.05, 0) is 61.7 Å². The molecule has 3 saturated carbocycles. The molecule has 0 aromatic rings. The van der Waals surface area contributed by atoms with Crippen molar-refractivity contribution in [2.75, 3.05) is 0 Å². The maximum atomic E-state index is 2.46. The van der Waals surface area contributed by atoms with Crippen molar-refractivity contribution in [2.24, 2.45) is 17.3 Å². The van der Waals surface area contributed by atoms with Crippen LogP contribution < -0.4 is 0 Å². The Labute approximate surface area is 120 Å². The molecule has 3 aliphatic rings. The molecule has 0 bridgehead atoms. The van der Waals surface area contributed by atoms with Gasteiger partial charge in [-0.3, -0.25) is 0 Å². The lowest BCUT2D eigenvalue weighted by Crippen LogP contribution is -2.41. The lowest BCUT2D eigenvalue weighted by Gasteiger charge is -2.52. The third-order valence-corrected chi connectivity index (χ3v) is 6.71. The lowest BCUT2D eigenvalue weighted by atomic mass is 9.53. The number of hydrogen-bond acceptors (Lipinski definition) is 0. The van der Waals surface area contributed by atoms with Crippen LogP contribution in [-0.4, -0.2) is 0 Å². The molecule has 0 spiro atoms. The number of rotatable bonds is 2. The van der Waals surface area contributed by atoms with Crippen LogP contribution in [0.4, 0.5) is 0 Å². The summed E-state index contributed by atoms with van der Waals surface area (Å²) in [6.07, 6.45) is 21.3. The van der Waals surface area contributed by atoms with Crippen LogP contribution in [-0.2, 0) is 0 Å². The molecule has 0 nitrogen and oxygen atoms in total. The Balaban J connectivity index is 1.75. The minimum Gasteiger partial charge on any atom is -0.0625 e. The highest BCUT2D eigenvalue weighted by atomic mass is 14.5. The summed E-state index contributed by atoms with van der Waals surface area (Å²) < 4.78 is 0. The predicted octanol–water partition coefficient (Wildman–Crippen LogP) is 6.30. The van der Waals surface area contributed by atoms with Crippen LogP contribution in [0, 0.1) is 23.2 Å². The SMILES string of the molecule is CC1CC[C](C2(C3CCCCC3)CCCCC2)CC1. The highest BCUT2D eigenvalue weighted by Crippen LogP contribution is 2.57. The van der Waals surface area contributed by atoms with Gasteiger partial charge < -0.3 is 0 Å². The van der Waals surface area contributed by atoms with E-state index >= 15 is 0 Å². The van der Waals surface area contributed by atoms with Crippen molar-refractivity contribution in [3.63, 3.8) is 0 Å². The van der Waals surface area contributed by atoms with Crippen molar-refractivity contribution in [3.05, 3.63) is 5.92 Å². The van der Waals surface area contributed by atoms with Gasteiger partial charge in [0.15, 0.2) is 0 Å². The fourth-order valence-corrected chi connectivity index (χ4v) is 5.50. The molecule has 19 heavy (non-hydrogen) atoms. The van der Waals surface area contributed by atoms with E-state index in [0.717, 1.165) is 17.3 Å². The molecular weight excluding hydrogens is 228 g/mol. The Morgan fingerprint density at radius 1 is 0.737 bits per heavy atom. The third kappa shape index (κ3) is 2.88. The maximum absolute atomic E-state index is 2.46. The van der Waals surface area contributed by atoms with E-state index < -0.39 is 0 Å². The van der Waals surface area contributed by atoms with Crippen LogP contribution >= 0.6 is 0 Å². The summed E-state index contributed by atoms with van der Waals surface area (Å²) in [6.45, 7) is 2.46. The Bertz CT molecular complexity index is 260. The first-order chi connectivity index (χ1) is 9.31. The van der Waals surface area contributed by atoms with Gasteiger partial charge in [0.25, 0.3) is 0 Å². The van der Waals surface area contributed by atoms with Gasteiger partial charge in [0.1, 0.15) is 0 Å². The third-order valence-electron chi connectivity index (χ3n) is 6.71. The quantitative estimate of drug-likeness (QED) is 0.547. The van der Waals surface area contributed by atoms with Crippen LogP contribution in [0.15, 0.2) is 0 Å². The second-order valence-corrected chi connectivity index (χ2v) is 7.84. The van der Waals surface area contributed by atoms with E-state index in [0.29, 0.717) is 0 Å². The first kappa shape index (κ1) is 14.0. The molecule has 0 heterocycles. The van der Waals surface area contributed by atoms with E-state index in [1.807, 2.05) is 5.92 Å². The lowest BCUT2D eigenvalue weighted by molar-refractivity contribution is 0.0628. The molecule has 3 aliphatic carbocycles. The van der Waals surface area contributed by atoms with Crippen LogP contribution in [0.3, 0.4) is 0 Å². The van der Waals surface area contributed by atoms with Gasteiger partial charge in [0.2, 0.25) is 0 Å². The van der Waals surface area contributed by atoms with Crippen molar-refractivity contribution >= 4 is 0 Å². The van der Waals surface area contributed by atoms with Crippen molar-refractivity contribution in [3.8, 4) is 0 Å². The maximum Gasteiger partial charge on any atom is -0.0176 e. The van der Waals surface area contributed by atoms with Gasteiger partial charge in [0, 0.05) is 0 Å². The first-order valence-corrected chi connectivity index (χ1v) is 9.16. The van der Waals surface area contributed by atoms with E-state index in [-0.39, 0.29) is 0 Å². The van der Waals surface area contributed by atoms with E-state index in [4.69, 9.17) is 0 Å². The molecule has 0 heteroatoms. The zero-order chi connectivity index (χ0) is 13.1. The van der Waals surface area contributed by atoms with Gasteiger partial charge in [-0.25, -0.2) is 0 Å². The fourth-order valence-electron chi connectivity index (χ4n) is 5.50. The van der Waals surface area contributed by atoms with Gasteiger partial charge in [-0.1, -0.05) is 58.3 Å². The Morgan fingerprint density at radius 2 is 1.32 bits per heavy atom. The number of hydrogen-bond donors (Lipinski definition) is 0. The molecular formula is C19H33. The van der Waals surface area contributed by atoms with Gasteiger partial charge in [-0.2, -0.15) is 0 Å². The summed E-state index contributed by atoms with van der Waals surface area (Å²) in [5.41, 5.74) is 0.721. The normalized spacial score (nSPS) is 31.4. The zero-order valence-electron chi connectivity index (χ0n) is 13.1. The largest absolute Gasteiger partial charge is 0.0625 e. The van der Waals surface area contributed by atoms with Gasteiger partial charge >= 0.3 is 0 Å². The van der Waals surface area contributed by atoms with Crippen molar-refractivity contribution in [1.29, 1.82) is 0 Å². The zero-order valence-corrected chi connectivity index (χ0v) is 13.1. The Kier molecular flexibility index (Phi) is 4.54. The molecule has 0 unspecified atom stereocenters. The summed E-state index contributed by atoms with van der Waals surface area (Å²) >= 11 is 0. The summed E-state index contributed by atoms with van der Waals surface area (Å²) in [7, 11) is 0. The average Bonchev–Trinajstić information content (AvgIpc) is 2.49. The molecule has 0 aromatic heterocycles. The monoisotopic (exact) mass is 261 g/mol. The molecule has 0 aliphatic heterocycles. The molecule has 0 aromatic carbocycles. The summed E-state index contributed by atoms with van der Waals surface area (Å²) in [5.74, 6) is 4.11. The van der Waals surface area contributed by atoms with E-state index in [1.54, 1.807) is 25.7 Å². The smallest absolute Gasteiger partial charge is 0.0176 e. The molecule has 3 rings (SSSR count). The fraction of sp³-hybridized carbons (Fsp3) is 0.947. The van der Waals surface area contributed by atoms with Crippen LogP contribution in [0.1, 0.15) is 96.8 Å². The van der Waals surface area contributed by atoms with Gasteiger partial charge in [-0.15, -0.1) is 0 Å². The van der Waals surface area contributed by atoms with Gasteiger partial charge in [0.05, 0.1) is 0 Å². The highest BCUT2D eigenvalue weighted by Gasteiger charge is 2.46. The molecule has 1 radical (unpaired) electrons. The van der Waals surface area contributed by atoms with E-state index in [9.17, 15) is 0 Å². The Morgan fingerprint density at radius 3 is 1.95 bits per heavy atom. The summed E-state index contributed by atoms with van der Waals surface area (Å²) in [5, 5.41) is 0. The molecule has 3 fully saturated rings. The molecule has 0 saturated heterocycles. The van der Waals surface area contributed by atoms with Crippen LogP contribution in [0.25, 0.3) is 0 Å². The van der Waals surface area contributed by atoms with Crippen LogP contribution in [0.5, 0.6) is 0 Å². The standard InChI is InChI=1S/C19H33/c1-16-10-12-18(13-11-16)19(14-6-3-7-15-19)17-8-4-2-5-9-17/h16-17H,2-15H2,1H3.